The van der Waals surface area contributed by atoms with E-state index in [0.717, 1.165) is 0 Å². The van der Waals surface area contributed by atoms with Crippen LogP contribution in [0.5, 0.6) is 0 Å². The second kappa shape index (κ2) is 5.11. The third kappa shape index (κ3) is 2.81. The number of aromatic nitrogens is 1. The highest BCUT2D eigenvalue weighted by Gasteiger charge is 2.31. The molecule has 0 atom stereocenters. The van der Waals surface area contributed by atoms with E-state index in [1.54, 1.807) is 18.2 Å². The van der Waals surface area contributed by atoms with Crippen LogP contribution in [0.4, 0.5) is 0 Å². The van der Waals surface area contributed by atoms with Gasteiger partial charge in [0.1, 0.15) is 11.3 Å². The van der Waals surface area contributed by atoms with E-state index in [4.69, 9.17) is 27.7 Å². The highest BCUT2D eigenvalue weighted by molar-refractivity contribution is 6.35. The Labute approximate surface area is 126 Å². The molecule has 20 heavy (non-hydrogen) atoms. The Bertz CT molecular complexity index is 651. The quantitative estimate of drug-likeness (QED) is 0.877. The fourth-order valence-electron chi connectivity index (χ4n) is 1.89. The van der Waals surface area contributed by atoms with Gasteiger partial charge < -0.3 is 9.63 Å². The molecule has 0 aliphatic carbocycles. The summed E-state index contributed by atoms with van der Waals surface area (Å²) in [5.74, 6) is -0.779. The van der Waals surface area contributed by atoms with Crippen molar-refractivity contribution in [2.75, 3.05) is 0 Å². The van der Waals surface area contributed by atoms with Crippen LogP contribution in [0.3, 0.4) is 0 Å². The molecule has 0 radical (unpaired) electrons. The summed E-state index contributed by atoms with van der Waals surface area (Å²) in [6.07, 6.45) is 0. The van der Waals surface area contributed by atoms with Gasteiger partial charge in [-0.1, -0.05) is 49.1 Å². The van der Waals surface area contributed by atoms with Crippen LogP contribution in [0.1, 0.15) is 36.9 Å². The van der Waals surface area contributed by atoms with Gasteiger partial charge in [0.15, 0.2) is 5.76 Å². The minimum absolute atomic E-state index is 0.0378. The maximum absolute atomic E-state index is 11.5. The summed E-state index contributed by atoms with van der Waals surface area (Å²) >= 11 is 11.9. The molecule has 0 aliphatic rings. The van der Waals surface area contributed by atoms with Gasteiger partial charge in [-0.15, -0.1) is 0 Å². The lowest BCUT2D eigenvalue weighted by Crippen LogP contribution is -2.15. The molecule has 0 fully saturated rings. The fourth-order valence-corrected chi connectivity index (χ4v) is 2.41. The Kier molecular flexibility index (Phi) is 3.80. The first-order valence-electron chi connectivity index (χ1n) is 5.90. The third-order valence-electron chi connectivity index (χ3n) is 2.72. The highest BCUT2D eigenvalue weighted by atomic mass is 35.5. The summed E-state index contributed by atoms with van der Waals surface area (Å²) < 4.78 is 5.24. The van der Waals surface area contributed by atoms with Gasteiger partial charge >= 0.3 is 5.97 Å². The topological polar surface area (TPSA) is 63.3 Å². The van der Waals surface area contributed by atoms with Crippen LogP contribution in [0.2, 0.25) is 10.0 Å². The minimum atomic E-state index is -1.10. The smallest absolute Gasteiger partial charge is 0.341 e. The van der Waals surface area contributed by atoms with Crippen LogP contribution in [0, 0.1) is 0 Å². The Hall–Kier alpha value is -1.52. The number of rotatable bonds is 2. The summed E-state index contributed by atoms with van der Waals surface area (Å²) in [7, 11) is 0. The molecule has 0 saturated heterocycles. The zero-order valence-electron chi connectivity index (χ0n) is 11.2. The summed E-state index contributed by atoms with van der Waals surface area (Å²) in [5.41, 5.74) is 0.309. The number of carbonyl (C=O) groups is 1. The predicted octanol–water partition coefficient (Wildman–Crippen LogP) is 4.64. The molecule has 0 saturated carbocycles. The Morgan fingerprint density at radius 1 is 1.20 bits per heavy atom. The first kappa shape index (κ1) is 14.9. The molecule has 1 aromatic heterocycles. The zero-order chi connectivity index (χ0) is 15.1. The van der Waals surface area contributed by atoms with Crippen LogP contribution < -0.4 is 0 Å². The molecule has 2 aromatic rings. The number of nitrogens with zero attached hydrogens (tertiary/aromatic N) is 1. The number of hydrogen-bond acceptors (Lipinski definition) is 3. The van der Waals surface area contributed by atoms with Gasteiger partial charge in [-0.3, -0.25) is 0 Å². The summed E-state index contributed by atoms with van der Waals surface area (Å²) in [6, 6.07) is 4.77. The normalized spacial score (nSPS) is 11.7. The summed E-state index contributed by atoms with van der Waals surface area (Å²) in [5, 5.41) is 14.1. The van der Waals surface area contributed by atoms with Crippen molar-refractivity contribution in [2.24, 2.45) is 0 Å². The molecule has 6 heteroatoms. The number of carboxylic acids is 1. The van der Waals surface area contributed by atoms with Gasteiger partial charge in [-0.2, -0.15) is 0 Å². The maximum Gasteiger partial charge on any atom is 0.341 e. The molecule has 0 unspecified atom stereocenters. The molecule has 1 N–H and O–H groups in total. The van der Waals surface area contributed by atoms with E-state index in [0.29, 0.717) is 21.4 Å². The maximum atomic E-state index is 11.5. The van der Waals surface area contributed by atoms with Crippen LogP contribution in [0.15, 0.2) is 22.7 Å². The molecule has 4 nitrogen and oxygen atoms in total. The lowest BCUT2D eigenvalue weighted by Gasteiger charge is -2.14. The van der Waals surface area contributed by atoms with Crippen molar-refractivity contribution in [1.29, 1.82) is 0 Å². The molecule has 1 heterocycles. The van der Waals surface area contributed by atoms with Crippen molar-refractivity contribution in [1.82, 2.24) is 5.16 Å². The van der Waals surface area contributed by atoms with Gasteiger partial charge in [0.25, 0.3) is 0 Å². The van der Waals surface area contributed by atoms with Crippen molar-refractivity contribution in [3.63, 3.8) is 0 Å². The SMILES string of the molecule is CC(C)(C)c1onc(-c2cc(Cl)cc(Cl)c2)c1C(=O)O. The molecule has 0 aliphatic heterocycles. The second-order valence-electron chi connectivity index (χ2n) is 5.45. The van der Waals surface area contributed by atoms with E-state index in [9.17, 15) is 9.90 Å². The summed E-state index contributed by atoms with van der Waals surface area (Å²) in [6.45, 7) is 5.57. The Morgan fingerprint density at radius 2 is 1.75 bits per heavy atom. The Morgan fingerprint density at radius 3 is 2.20 bits per heavy atom. The molecule has 0 spiro atoms. The lowest BCUT2D eigenvalue weighted by atomic mass is 9.89. The highest BCUT2D eigenvalue weighted by Crippen LogP contribution is 2.35. The minimum Gasteiger partial charge on any atom is -0.477 e. The van der Waals surface area contributed by atoms with Crippen LogP contribution in [-0.4, -0.2) is 16.2 Å². The van der Waals surface area contributed by atoms with Gasteiger partial charge in [-0.05, 0) is 18.2 Å². The summed E-state index contributed by atoms with van der Waals surface area (Å²) in [4.78, 5) is 11.5. The van der Waals surface area contributed by atoms with Crippen LogP contribution in [-0.2, 0) is 5.41 Å². The van der Waals surface area contributed by atoms with Gasteiger partial charge in [0, 0.05) is 21.0 Å². The average molecular weight is 314 g/mol. The molecular weight excluding hydrogens is 301 g/mol. The van der Waals surface area contributed by atoms with Crippen LogP contribution >= 0.6 is 23.2 Å². The molecular formula is C14H13Cl2NO3. The van der Waals surface area contributed by atoms with E-state index in [2.05, 4.69) is 5.16 Å². The van der Waals surface area contributed by atoms with Crippen molar-refractivity contribution in [3.05, 3.63) is 39.6 Å². The lowest BCUT2D eigenvalue weighted by molar-refractivity contribution is 0.0693. The van der Waals surface area contributed by atoms with Crippen molar-refractivity contribution in [3.8, 4) is 11.3 Å². The number of hydrogen-bond donors (Lipinski definition) is 1. The molecule has 106 valence electrons. The van der Waals surface area contributed by atoms with Crippen LogP contribution in [0.25, 0.3) is 11.3 Å². The first-order chi connectivity index (χ1) is 9.20. The largest absolute Gasteiger partial charge is 0.477 e. The van der Waals surface area contributed by atoms with E-state index in [1.807, 2.05) is 20.8 Å². The van der Waals surface area contributed by atoms with E-state index < -0.39 is 11.4 Å². The van der Waals surface area contributed by atoms with E-state index in [-0.39, 0.29) is 11.3 Å². The number of benzene rings is 1. The third-order valence-corrected chi connectivity index (χ3v) is 3.16. The Balaban J connectivity index is 2.69. The van der Waals surface area contributed by atoms with E-state index in [1.165, 1.54) is 0 Å². The van der Waals surface area contributed by atoms with Crippen molar-refractivity contribution in [2.45, 2.75) is 26.2 Å². The predicted molar refractivity (Wildman–Crippen MR) is 77.6 cm³/mol. The molecule has 1 aromatic carbocycles. The average Bonchev–Trinajstić information content (AvgIpc) is 2.71. The molecule has 0 bridgehead atoms. The molecule has 0 amide bonds. The van der Waals surface area contributed by atoms with E-state index >= 15 is 0 Å². The standard InChI is InChI=1S/C14H13Cl2NO3/c1-14(2,3)12-10(13(18)19)11(17-20-12)7-4-8(15)6-9(16)5-7/h4-6H,1-3H3,(H,18,19). The van der Waals surface area contributed by atoms with Gasteiger partial charge in [-0.25, -0.2) is 4.79 Å². The second-order valence-corrected chi connectivity index (χ2v) is 6.32. The zero-order valence-corrected chi connectivity index (χ0v) is 12.7. The molecule has 2 rings (SSSR count). The monoisotopic (exact) mass is 313 g/mol. The fraction of sp³-hybridized carbons (Fsp3) is 0.286. The van der Waals surface area contributed by atoms with Crippen molar-refractivity contribution >= 4 is 29.2 Å². The number of halogens is 2. The number of aromatic carboxylic acids is 1. The number of carboxylic acid groups (broad SMARTS) is 1. The van der Waals surface area contributed by atoms with Crippen molar-refractivity contribution < 1.29 is 14.4 Å². The first-order valence-corrected chi connectivity index (χ1v) is 6.65. The van der Waals surface area contributed by atoms with Gasteiger partial charge in [0.2, 0.25) is 0 Å². The van der Waals surface area contributed by atoms with Gasteiger partial charge in [0.05, 0.1) is 0 Å².